The average molecular weight is 271 g/mol. The number of ether oxygens (including phenoxy) is 1. The molecule has 0 saturated carbocycles. The summed E-state index contributed by atoms with van der Waals surface area (Å²) in [6.07, 6.45) is 6.75. The molecule has 1 heterocycles. The van der Waals surface area contributed by atoms with Crippen LogP contribution in [0.25, 0.3) is 11.6 Å². The third kappa shape index (κ3) is 2.97. The highest BCUT2D eigenvalue weighted by Gasteiger charge is 2.14. The van der Waals surface area contributed by atoms with Gasteiger partial charge in [-0.05, 0) is 36.3 Å². The maximum Gasteiger partial charge on any atom is 0.310 e. The summed E-state index contributed by atoms with van der Waals surface area (Å²) in [6, 6.07) is 4.72. The molecule has 0 saturated heterocycles. The molecule has 0 spiro atoms. The van der Waals surface area contributed by atoms with Gasteiger partial charge >= 0.3 is 5.69 Å². The summed E-state index contributed by atoms with van der Waals surface area (Å²) in [5.41, 5.74) is 2.41. The fourth-order valence-electron chi connectivity index (χ4n) is 1.76. The van der Waals surface area contributed by atoms with Gasteiger partial charge in [-0.2, -0.15) is 0 Å². The van der Waals surface area contributed by atoms with Gasteiger partial charge in [-0.1, -0.05) is 0 Å². The van der Waals surface area contributed by atoms with Gasteiger partial charge in [0.25, 0.3) is 0 Å². The van der Waals surface area contributed by atoms with E-state index in [2.05, 4.69) is 9.97 Å². The Morgan fingerprint density at radius 3 is 2.80 bits per heavy atom. The van der Waals surface area contributed by atoms with Crippen molar-refractivity contribution in [3.8, 4) is 5.75 Å². The SMILES string of the molecule is COc1cc(/C=C(/C)c2cnccn2)ccc1[N+](=O)[O-]. The number of rotatable bonds is 4. The van der Waals surface area contributed by atoms with Gasteiger partial charge in [0.05, 0.1) is 23.9 Å². The second-order valence-electron chi connectivity index (χ2n) is 4.11. The summed E-state index contributed by atoms with van der Waals surface area (Å²) in [4.78, 5) is 18.6. The summed E-state index contributed by atoms with van der Waals surface area (Å²) in [6.45, 7) is 1.90. The largest absolute Gasteiger partial charge is 0.490 e. The van der Waals surface area contributed by atoms with Gasteiger partial charge < -0.3 is 4.74 Å². The number of aromatic nitrogens is 2. The molecule has 1 aromatic heterocycles. The van der Waals surface area contributed by atoms with Crippen molar-refractivity contribution in [1.29, 1.82) is 0 Å². The van der Waals surface area contributed by atoms with Crippen LogP contribution in [-0.4, -0.2) is 22.0 Å². The fraction of sp³-hybridized carbons (Fsp3) is 0.143. The molecule has 0 amide bonds. The lowest BCUT2D eigenvalue weighted by Gasteiger charge is -2.04. The van der Waals surface area contributed by atoms with Crippen LogP contribution < -0.4 is 4.74 Å². The van der Waals surface area contributed by atoms with E-state index in [4.69, 9.17) is 4.74 Å². The maximum absolute atomic E-state index is 10.8. The molecule has 0 aliphatic carbocycles. The number of nitro groups is 1. The zero-order valence-electron chi connectivity index (χ0n) is 11.1. The predicted molar refractivity (Wildman–Crippen MR) is 75.2 cm³/mol. The molecule has 1 aromatic carbocycles. The van der Waals surface area contributed by atoms with E-state index in [1.165, 1.54) is 13.2 Å². The molecule has 0 N–H and O–H groups in total. The molecule has 0 unspecified atom stereocenters. The van der Waals surface area contributed by atoms with Crippen LogP contribution in [-0.2, 0) is 0 Å². The van der Waals surface area contributed by atoms with Gasteiger partial charge in [-0.3, -0.25) is 20.1 Å². The summed E-state index contributed by atoms with van der Waals surface area (Å²) in [7, 11) is 1.41. The quantitative estimate of drug-likeness (QED) is 0.631. The zero-order valence-corrected chi connectivity index (χ0v) is 11.1. The highest BCUT2D eigenvalue weighted by atomic mass is 16.6. The highest BCUT2D eigenvalue weighted by Crippen LogP contribution is 2.29. The van der Waals surface area contributed by atoms with E-state index in [1.54, 1.807) is 30.7 Å². The molecule has 6 heteroatoms. The molecule has 0 radical (unpaired) electrons. The normalized spacial score (nSPS) is 11.2. The van der Waals surface area contributed by atoms with Crippen LogP contribution in [0.3, 0.4) is 0 Å². The number of hydrogen-bond donors (Lipinski definition) is 0. The Morgan fingerprint density at radius 1 is 1.40 bits per heavy atom. The Morgan fingerprint density at radius 2 is 2.20 bits per heavy atom. The monoisotopic (exact) mass is 271 g/mol. The fourth-order valence-corrected chi connectivity index (χ4v) is 1.76. The van der Waals surface area contributed by atoms with Gasteiger partial charge in [-0.15, -0.1) is 0 Å². The van der Waals surface area contributed by atoms with Crippen molar-refractivity contribution in [1.82, 2.24) is 9.97 Å². The minimum absolute atomic E-state index is 0.0539. The molecule has 2 aromatic rings. The summed E-state index contributed by atoms with van der Waals surface area (Å²) in [5, 5.41) is 10.8. The second-order valence-corrected chi connectivity index (χ2v) is 4.11. The van der Waals surface area contributed by atoms with Crippen molar-refractivity contribution in [2.45, 2.75) is 6.92 Å². The Bertz CT molecular complexity index is 654. The Kier molecular flexibility index (Phi) is 4.05. The van der Waals surface area contributed by atoms with E-state index in [1.807, 2.05) is 13.0 Å². The van der Waals surface area contributed by atoms with Crippen molar-refractivity contribution in [2.75, 3.05) is 7.11 Å². The molecule has 0 atom stereocenters. The van der Waals surface area contributed by atoms with E-state index in [-0.39, 0.29) is 11.4 Å². The van der Waals surface area contributed by atoms with E-state index < -0.39 is 4.92 Å². The number of hydrogen-bond acceptors (Lipinski definition) is 5. The van der Waals surface area contributed by atoms with Crippen molar-refractivity contribution < 1.29 is 9.66 Å². The van der Waals surface area contributed by atoms with E-state index in [0.29, 0.717) is 0 Å². The summed E-state index contributed by atoms with van der Waals surface area (Å²) in [5.74, 6) is 0.232. The minimum Gasteiger partial charge on any atom is -0.490 e. The first-order valence-corrected chi connectivity index (χ1v) is 5.89. The molecule has 20 heavy (non-hydrogen) atoms. The van der Waals surface area contributed by atoms with E-state index >= 15 is 0 Å². The maximum atomic E-state index is 10.8. The Balaban J connectivity index is 2.37. The van der Waals surface area contributed by atoms with Crippen LogP contribution in [0.5, 0.6) is 5.75 Å². The van der Waals surface area contributed by atoms with Gasteiger partial charge in [0.2, 0.25) is 0 Å². The van der Waals surface area contributed by atoms with Crippen LogP contribution in [0.15, 0.2) is 36.8 Å². The number of methoxy groups -OCH3 is 1. The first kappa shape index (κ1) is 13.7. The van der Waals surface area contributed by atoms with Crippen molar-refractivity contribution in [3.63, 3.8) is 0 Å². The number of nitro benzene ring substituents is 1. The smallest absolute Gasteiger partial charge is 0.310 e. The standard InChI is InChI=1S/C14H13N3O3/c1-10(12-9-15-5-6-16-12)7-11-3-4-13(17(18)19)14(8-11)20-2/h3-9H,1-2H3/b10-7-. The lowest BCUT2D eigenvalue weighted by atomic mass is 10.1. The summed E-state index contributed by atoms with van der Waals surface area (Å²) < 4.78 is 5.04. The zero-order chi connectivity index (χ0) is 14.5. The predicted octanol–water partition coefficient (Wildman–Crippen LogP) is 2.95. The minimum atomic E-state index is -0.470. The first-order valence-electron chi connectivity index (χ1n) is 5.89. The molecule has 102 valence electrons. The Labute approximate surface area is 115 Å². The lowest BCUT2D eigenvalue weighted by molar-refractivity contribution is -0.385. The first-order chi connectivity index (χ1) is 9.61. The number of nitrogens with zero attached hydrogens (tertiary/aromatic N) is 3. The lowest BCUT2D eigenvalue weighted by Crippen LogP contribution is -1.94. The van der Waals surface area contributed by atoms with Gasteiger partial charge in [0.1, 0.15) is 0 Å². The van der Waals surface area contributed by atoms with Gasteiger partial charge in [-0.25, -0.2) is 0 Å². The molecular formula is C14H13N3O3. The molecule has 0 aliphatic rings. The highest BCUT2D eigenvalue weighted by molar-refractivity contribution is 5.79. The Hall–Kier alpha value is -2.76. The molecule has 2 rings (SSSR count). The van der Waals surface area contributed by atoms with E-state index in [9.17, 15) is 10.1 Å². The molecule has 6 nitrogen and oxygen atoms in total. The van der Waals surface area contributed by atoms with E-state index in [0.717, 1.165) is 16.8 Å². The average Bonchev–Trinajstić information content (AvgIpc) is 2.47. The van der Waals surface area contributed by atoms with Crippen LogP contribution in [0.1, 0.15) is 18.2 Å². The van der Waals surface area contributed by atoms with Crippen molar-refractivity contribution in [3.05, 3.63) is 58.2 Å². The molecule has 0 bridgehead atoms. The van der Waals surface area contributed by atoms with Gasteiger partial charge in [0, 0.05) is 18.5 Å². The molecular weight excluding hydrogens is 258 g/mol. The summed E-state index contributed by atoms with van der Waals surface area (Å²) >= 11 is 0. The third-order valence-corrected chi connectivity index (χ3v) is 2.75. The van der Waals surface area contributed by atoms with Crippen molar-refractivity contribution in [2.24, 2.45) is 0 Å². The van der Waals surface area contributed by atoms with Crippen LogP contribution >= 0.6 is 0 Å². The number of benzene rings is 1. The third-order valence-electron chi connectivity index (χ3n) is 2.75. The van der Waals surface area contributed by atoms with Crippen LogP contribution in [0.4, 0.5) is 5.69 Å². The number of allylic oxidation sites excluding steroid dienone is 1. The topological polar surface area (TPSA) is 78.2 Å². The molecule has 0 fully saturated rings. The second kappa shape index (κ2) is 5.92. The van der Waals surface area contributed by atoms with Crippen molar-refractivity contribution >= 4 is 17.3 Å². The van der Waals surface area contributed by atoms with Crippen LogP contribution in [0.2, 0.25) is 0 Å². The van der Waals surface area contributed by atoms with Gasteiger partial charge in [0.15, 0.2) is 5.75 Å². The molecule has 0 aliphatic heterocycles. The van der Waals surface area contributed by atoms with Crippen LogP contribution in [0, 0.1) is 10.1 Å².